The SMILES string of the molecule is CC[C@H](C)[C@H](NC(=O)[C@H](CC(C)C)NC(=O)[C@H](Cc1ccc(O)cc1)NC(=O)[C@@H](NC(=O)[C@H](CCC(=O)O)NC(=O)[C@H](Cc1ccccc1)NC(=O)[C@H](CC(C)C)NC(=O)[C@H](CCCCN)NC(=O)[C@@H](N)CC(C)C)C(C)C)C(=O)N[C@@H](CC(C)C)C(=O)N[C@@H](Cc1c[nH]c2ccccc12)C(=O)N[C@@H](CC(C)C)C(=O)N[C@@H](C)C(=O)O. The Morgan fingerprint density at radius 3 is 1.22 bits per heavy atom. The van der Waals surface area contributed by atoms with Gasteiger partial charge in [0.1, 0.15) is 78.3 Å². The molecule has 32 heteroatoms. The number of para-hydroxylation sites is 1. The van der Waals surface area contributed by atoms with Gasteiger partial charge >= 0.3 is 11.9 Å². The number of unbranched alkanes of at least 4 members (excludes halogenated alkanes) is 1. The molecule has 0 unspecified atom stereocenters. The molecular weight excluding hydrogens is 1490 g/mol. The van der Waals surface area contributed by atoms with Gasteiger partial charge in [0.25, 0.3) is 0 Å². The van der Waals surface area contributed by atoms with E-state index in [0.717, 1.165) is 10.9 Å². The molecular formula is C84H129N15O17. The van der Waals surface area contributed by atoms with Crippen LogP contribution in [0.2, 0.25) is 0 Å². The van der Waals surface area contributed by atoms with Gasteiger partial charge in [-0.15, -0.1) is 0 Å². The van der Waals surface area contributed by atoms with E-state index < -0.39 is 186 Å². The number of hydrogen-bond donors (Lipinski definition) is 18. The second-order valence-corrected chi connectivity index (χ2v) is 32.8. The zero-order chi connectivity index (χ0) is 86.8. The van der Waals surface area contributed by atoms with Gasteiger partial charge in [-0.05, 0) is 148 Å². The number of carbonyl (C=O) groups excluding carboxylic acids is 12. The zero-order valence-electron chi connectivity index (χ0n) is 69.9. The Bertz CT molecular complexity index is 3910. The van der Waals surface area contributed by atoms with Crippen LogP contribution in [0.25, 0.3) is 10.9 Å². The fourth-order valence-electron chi connectivity index (χ4n) is 13.1. The monoisotopic (exact) mass is 1620 g/mol. The van der Waals surface area contributed by atoms with Gasteiger partial charge in [-0.2, -0.15) is 0 Å². The molecule has 3 aromatic carbocycles. The predicted molar refractivity (Wildman–Crippen MR) is 440 cm³/mol. The maximum atomic E-state index is 15.1. The van der Waals surface area contributed by atoms with Gasteiger partial charge in [0.15, 0.2) is 0 Å². The van der Waals surface area contributed by atoms with Crippen LogP contribution in [-0.2, 0) is 86.4 Å². The van der Waals surface area contributed by atoms with Crippen molar-refractivity contribution in [2.45, 2.75) is 272 Å². The van der Waals surface area contributed by atoms with E-state index in [1.165, 1.54) is 31.2 Å². The number of fused-ring (bicyclic) bond motifs is 1. The summed E-state index contributed by atoms with van der Waals surface area (Å²) in [5.74, 6) is -14.7. The highest BCUT2D eigenvalue weighted by molar-refractivity contribution is 6.00. The Kier molecular flexibility index (Phi) is 41.1. The van der Waals surface area contributed by atoms with Crippen molar-refractivity contribution in [1.82, 2.24) is 68.8 Å². The van der Waals surface area contributed by atoms with Crippen LogP contribution in [0.3, 0.4) is 0 Å². The number of nitrogens with two attached hydrogens (primary N) is 2. The number of carboxylic acid groups (broad SMARTS) is 2. The molecule has 0 spiro atoms. The highest BCUT2D eigenvalue weighted by atomic mass is 16.4. The molecule has 14 atom stereocenters. The summed E-state index contributed by atoms with van der Waals surface area (Å²) in [7, 11) is 0. The van der Waals surface area contributed by atoms with Crippen molar-refractivity contribution in [2.24, 2.45) is 52.9 Å². The molecule has 0 aliphatic carbocycles. The lowest BCUT2D eigenvalue weighted by molar-refractivity contribution is -0.142. The Morgan fingerprint density at radius 2 is 0.759 bits per heavy atom. The first-order valence-electron chi connectivity index (χ1n) is 40.5. The zero-order valence-corrected chi connectivity index (χ0v) is 69.9. The molecule has 4 aromatic rings. The van der Waals surface area contributed by atoms with Crippen molar-refractivity contribution in [3.05, 3.63) is 102 Å². The quantitative estimate of drug-likeness (QED) is 0.0277. The summed E-state index contributed by atoms with van der Waals surface area (Å²) < 4.78 is 0. The summed E-state index contributed by atoms with van der Waals surface area (Å²) in [4.78, 5) is 202. The summed E-state index contributed by atoms with van der Waals surface area (Å²) in [5, 5.41) is 63.3. The largest absolute Gasteiger partial charge is 0.508 e. The second-order valence-electron chi connectivity index (χ2n) is 32.8. The van der Waals surface area contributed by atoms with Crippen molar-refractivity contribution >= 4 is 93.7 Å². The third-order valence-corrected chi connectivity index (χ3v) is 19.7. The number of benzene rings is 3. The van der Waals surface area contributed by atoms with E-state index in [1.807, 2.05) is 73.6 Å². The number of amides is 12. The van der Waals surface area contributed by atoms with Gasteiger partial charge in [-0.1, -0.05) is 164 Å². The molecule has 4 rings (SSSR count). The molecule has 0 saturated heterocycles. The number of H-pyrrole nitrogens is 1. The summed E-state index contributed by atoms with van der Waals surface area (Å²) >= 11 is 0. The van der Waals surface area contributed by atoms with E-state index >= 15 is 4.79 Å². The third-order valence-electron chi connectivity index (χ3n) is 19.7. The van der Waals surface area contributed by atoms with E-state index in [0.29, 0.717) is 48.9 Å². The number of phenolic OH excluding ortho intramolecular Hbond substituents is 1. The number of aromatic nitrogens is 1. The van der Waals surface area contributed by atoms with Crippen LogP contribution in [0.1, 0.15) is 191 Å². The van der Waals surface area contributed by atoms with Crippen molar-refractivity contribution in [3.8, 4) is 5.75 Å². The molecule has 1 aromatic heterocycles. The van der Waals surface area contributed by atoms with E-state index in [2.05, 4.69) is 68.8 Å². The predicted octanol–water partition coefficient (Wildman–Crippen LogP) is 4.08. The molecule has 32 nitrogen and oxygen atoms in total. The minimum Gasteiger partial charge on any atom is -0.508 e. The number of carbonyl (C=O) groups is 14. The number of aliphatic carboxylic acids is 2. The maximum Gasteiger partial charge on any atom is 0.325 e. The number of hydrogen-bond acceptors (Lipinski definition) is 17. The van der Waals surface area contributed by atoms with Crippen LogP contribution >= 0.6 is 0 Å². The maximum absolute atomic E-state index is 15.1. The molecule has 116 heavy (non-hydrogen) atoms. The average Bonchev–Trinajstić information content (AvgIpc) is 1.63. The highest BCUT2D eigenvalue weighted by Crippen LogP contribution is 2.22. The van der Waals surface area contributed by atoms with Gasteiger partial charge in [0.2, 0.25) is 70.9 Å². The fourth-order valence-corrected chi connectivity index (χ4v) is 13.1. The molecule has 12 amide bonds. The van der Waals surface area contributed by atoms with Crippen molar-refractivity contribution in [1.29, 1.82) is 0 Å². The molecule has 0 aliphatic heterocycles. The van der Waals surface area contributed by atoms with Crippen molar-refractivity contribution in [2.75, 3.05) is 6.54 Å². The molecule has 0 saturated carbocycles. The van der Waals surface area contributed by atoms with E-state index in [1.54, 1.807) is 84.1 Å². The molecule has 20 N–H and O–H groups in total. The first-order valence-corrected chi connectivity index (χ1v) is 40.5. The van der Waals surface area contributed by atoms with Crippen molar-refractivity contribution in [3.63, 3.8) is 0 Å². The minimum absolute atomic E-state index is 0.0199. The Hall–Kier alpha value is -10.5. The van der Waals surface area contributed by atoms with E-state index in [9.17, 15) is 77.6 Å². The minimum atomic E-state index is -1.68. The Balaban J connectivity index is 1.67. The third kappa shape index (κ3) is 33.7. The molecule has 0 bridgehead atoms. The molecule has 0 radical (unpaired) electrons. The van der Waals surface area contributed by atoms with Gasteiger partial charge in [0.05, 0.1) is 6.04 Å². The molecule has 0 aliphatic rings. The average molecular weight is 1620 g/mol. The van der Waals surface area contributed by atoms with E-state index in [-0.39, 0.29) is 86.7 Å². The second kappa shape index (κ2) is 48.8. The molecule has 0 fully saturated rings. The fraction of sp³-hybridized carbons (Fsp3) is 0.595. The first-order chi connectivity index (χ1) is 54.6. The summed E-state index contributed by atoms with van der Waals surface area (Å²) in [6, 6.07) is 4.05. The van der Waals surface area contributed by atoms with Crippen LogP contribution in [-0.4, -0.2) is 188 Å². The number of aromatic hydroxyl groups is 1. The van der Waals surface area contributed by atoms with Gasteiger partial charge in [-0.3, -0.25) is 67.1 Å². The number of nitrogens with one attached hydrogen (secondary N) is 13. The van der Waals surface area contributed by atoms with Gasteiger partial charge in [-0.25, -0.2) is 0 Å². The normalized spacial score (nSPS) is 15.2. The highest BCUT2D eigenvalue weighted by Gasteiger charge is 2.40. The van der Waals surface area contributed by atoms with Gasteiger partial charge in [0, 0.05) is 42.8 Å². The number of carboxylic acids is 2. The lowest BCUT2D eigenvalue weighted by atomic mass is 9.95. The van der Waals surface area contributed by atoms with Crippen molar-refractivity contribution < 1.29 is 82.4 Å². The van der Waals surface area contributed by atoms with Gasteiger partial charge < -0.3 is 95.6 Å². The molecule has 1 heterocycles. The first kappa shape index (κ1) is 97.9. The summed E-state index contributed by atoms with van der Waals surface area (Å²) in [6.07, 6.45) is 1.97. The lowest BCUT2D eigenvalue weighted by Crippen LogP contribution is -2.62. The number of rotatable bonds is 51. The Labute approximate surface area is 681 Å². The van der Waals surface area contributed by atoms with Crippen LogP contribution in [0.15, 0.2) is 85.1 Å². The van der Waals surface area contributed by atoms with Crippen LogP contribution in [0.5, 0.6) is 5.75 Å². The standard InChI is InChI=1S/C84H129N15O17/c1-16-51(14)71(83(114)96-64(39-48(8)9)77(108)95-68(43-55-44-87-59-27-21-20-26-57(55)59)80(111)92-62(37-46(4)5)75(106)88-52(15)84(115)116)99-81(112)65(40-49(10)11)93-79(110)67(42-54-29-31-56(100)32-30-54)97-82(113)70(50(12)13)98-74(105)61(33-34-69(101)102)90-78(109)66(41-53-24-18-17-19-25-53)94-76(107)63(38-47(6)7)91-73(104)60(28-22-23-35-85)89-72(103)58(86)36-45(2)3/h17-21,24-27,29-32,44-52,58,60-68,70-71,87,100H,16,22-23,28,33-43,85-86H2,1-15H3,(H,88,106)(H,89,103)(H,90,109)(H,91,104)(H,92,111)(H,93,110)(H,94,107)(H,95,108)(H,96,114)(H,97,113)(H,98,105)(H,99,112)(H,101,102)(H,115,116)/t51-,52-,58-,60-,61-,62-,63-,64-,65-,66-,67-,68-,70-,71-/m0/s1. The Morgan fingerprint density at radius 1 is 0.388 bits per heavy atom. The van der Waals surface area contributed by atoms with Crippen LogP contribution in [0.4, 0.5) is 0 Å². The lowest BCUT2D eigenvalue weighted by Gasteiger charge is -2.31. The summed E-state index contributed by atoms with van der Waals surface area (Å²) in [5.41, 5.74) is 14.3. The smallest absolute Gasteiger partial charge is 0.325 e. The molecule has 642 valence electrons. The van der Waals surface area contributed by atoms with Crippen LogP contribution in [0, 0.1) is 41.4 Å². The van der Waals surface area contributed by atoms with Crippen LogP contribution < -0.4 is 75.3 Å². The summed E-state index contributed by atoms with van der Waals surface area (Å²) in [6.45, 7) is 26.5. The topological polar surface area (TPSA) is 512 Å². The van der Waals surface area contributed by atoms with E-state index in [4.69, 9.17) is 11.5 Å². The number of phenols is 1. The number of aromatic amines is 1.